The Morgan fingerprint density at radius 2 is 2.38 bits per heavy atom. The van der Waals surface area contributed by atoms with Crippen LogP contribution in [-0.4, -0.2) is 11.0 Å². The molecule has 1 heterocycles. The van der Waals surface area contributed by atoms with Crippen LogP contribution >= 0.6 is 11.3 Å². The van der Waals surface area contributed by atoms with Gasteiger partial charge in [-0.15, -0.1) is 11.3 Å². The molecule has 110 valence electrons. The van der Waals surface area contributed by atoms with Crippen molar-refractivity contribution in [3.63, 3.8) is 0 Å². The van der Waals surface area contributed by atoms with Crippen molar-refractivity contribution in [3.05, 3.63) is 46.2 Å². The topological polar surface area (TPSA) is 54.0 Å². The number of fused-ring (bicyclic) bond motifs is 1. The summed E-state index contributed by atoms with van der Waals surface area (Å²) in [5, 5.41) is 6.27. The largest absolute Gasteiger partial charge is 0.331 e. The van der Waals surface area contributed by atoms with Crippen LogP contribution in [-0.2, 0) is 12.8 Å². The molecule has 1 aromatic heterocycles. The van der Waals surface area contributed by atoms with Crippen LogP contribution in [0.1, 0.15) is 35.4 Å². The number of rotatable bonds is 3. The van der Waals surface area contributed by atoms with E-state index in [4.69, 9.17) is 0 Å². The van der Waals surface area contributed by atoms with Gasteiger partial charge in [-0.3, -0.25) is 5.32 Å². The zero-order chi connectivity index (χ0) is 14.8. The fourth-order valence-electron chi connectivity index (χ4n) is 2.56. The molecular weight excluding hydrogens is 289 g/mol. The van der Waals surface area contributed by atoms with Gasteiger partial charge in [-0.25, -0.2) is 14.2 Å². The molecule has 1 aromatic carbocycles. The Bertz CT molecular complexity index is 671. The van der Waals surface area contributed by atoms with Crippen LogP contribution in [0.2, 0.25) is 0 Å². The summed E-state index contributed by atoms with van der Waals surface area (Å²) in [4.78, 5) is 17.3. The Kier molecular flexibility index (Phi) is 3.88. The number of amides is 2. The first kappa shape index (κ1) is 14.0. The predicted molar refractivity (Wildman–Crippen MR) is 81.1 cm³/mol. The number of hydrogen-bond acceptors (Lipinski definition) is 3. The number of nitrogens with one attached hydrogen (secondary N) is 2. The van der Waals surface area contributed by atoms with Crippen molar-refractivity contribution in [1.29, 1.82) is 0 Å². The van der Waals surface area contributed by atoms with Crippen LogP contribution in [0.3, 0.4) is 0 Å². The van der Waals surface area contributed by atoms with Crippen LogP contribution in [0.5, 0.6) is 0 Å². The lowest BCUT2D eigenvalue weighted by Gasteiger charge is -2.14. The summed E-state index contributed by atoms with van der Waals surface area (Å²) in [5.74, 6) is -0.228. The highest BCUT2D eigenvalue weighted by molar-refractivity contribution is 7.15. The van der Waals surface area contributed by atoms with Gasteiger partial charge in [0.15, 0.2) is 5.13 Å². The van der Waals surface area contributed by atoms with Gasteiger partial charge in [0.1, 0.15) is 5.82 Å². The number of halogens is 1. The summed E-state index contributed by atoms with van der Waals surface area (Å²) in [7, 11) is 0. The Balaban J connectivity index is 1.64. The van der Waals surface area contributed by atoms with E-state index in [9.17, 15) is 9.18 Å². The molecule has 1 aliphatic carbocycles. The third-order valence-corrected chi connectivity index (χ3v) is 4.67. The SMILES string of the molecule is CCc1cnc(NC(=O)N[C@@H]2CCc3cc(F)ccc32)s1. The maximum atomic E-state index is 13.2. The van der Waals surface area contributed by atoms with Crippen molar-refractivity contribution in [1.82, 2.24) is 10.3 Å². The molecule has 4 nitrogen and oxygen atoms in total. The van der Waals surface area contributed by atoms with Gasteiger partial charge >= 0.3 is 6.03 Å². The standard InChI is InChI=1S/C15H16FN3OS/c1-2-11-8-17-15(21-11)19-14(20)18-13-6-3-9-7-10(16)4-5-12(9)13/h4-5,7-8,13H,2-3,6H2,1H3,(H2,17,18,19,20)/t13-/m1/s1. The number of anilines is 1. The quantitative estimate of drug-likeness (QED) is 0.909. The zero-order valence-electron chi connectivity index (χ0n) is 11.6. The number of urea groups is 1. The van der Waals surface area contributed by atoms with Crippen LogP contribution in [0.25, 0.3) is 0 Å². The molecule has 0 radical (unpaired) electrons. The zero-order valence-corrected chi connectivity index (χ0v) is 12.5. The second-order valence-corrected chi connectivity index (χ2v) is 6.13. The highest BCUT2D eigenvalue weighted by Gasteiger charge is 2.24. The van der Waals surface area contributed by atoms with Crippen LogP contribution in [0, 0.1) is 5.82 Å². The predicted octanol–water partition coefficient (Wildman–Crippen LogP) is 3.65. The number of aromatic nitrogens is 1. The first-order valence-corrected chi connectivity index (χ1v) is 7.78. The van der Waals surface area contributed by atoms with E-state index in [1.807, 2.05) is 6.92 Å². The molecule has 6 heteroatoms. The number of nitrogens with zero attached hydrogens (tertiary/aromatic N) is 1. The maximum absolute atomic E-state index is 13.2. The van der Waals surface area contributed by atoms with Gasteiger partial charge in [0.05, 0.1) is 6.04 Å². The average Bonchev–Trinajstić information content (AvgIpc) is 3.06. The molecule has 2 N–H and O–H groups in total. The van der Waals surface area contributed by atoms with Gasteiger partial charge in [-0.1, -0.05) is 13.0 Å². The van der Waals surface area contributed by atoms with Gasteiger partial charge < -0.3 is 5.32 Å². The Hall–Kier alpha value is -1.95. The van der Waals surface area contributed by atoms with Gasteiger partial charge in [0, 0.05) is 11.1 Å². The molecule has 0 saturated heterocycles. The van der Waals surface area contributed by atoms with E-state index < -0.39 is 0 Å². The number of carbonyl (C=O) groups excluding carboxylic acids is 1. The summed E-state index contributed by atoms with van der Waals surface area (Å²) in [6.07, 6.45) is 4.26. The Morgan fingerprint density at radius 3 is 3.14 bits per heavy atom. The van der Waals surface area contributed by atoms with Crippen molar-refractivity contribution < 1.29 is 9.18 Å². The molecule has 0 bridgehead atoms. The summed E-state index contributed by atoms with van der Waals surface area (Å²) >= 11 is 1.47. The van der Waals surface area contributed by atoms with E-state index in [2.05, 4.69) is 15.6 Å². The summed E-state index contributed by atoms with van der Waals surface area (Å²) in [5.41, 5.74) is 1.97. The highest BCUT2D eigenvalue weighted by atomic mass is 32.1. The smallest absolute Gasteiger partial charge is 0.321 e. The van der Waals surface area contributed by atoms with Crippen LogP contribution < -0.4 is 10.6 Å². The van der Waals surface area contributed by atoms with E-state index in [-0.39, 0.29) is 17.9 Å². The van der Waals surface area contributed by atoms with Crippen molar-refractivity contribution in [2.45, 2.75) is 32.2 Å². The lowest BCUT2D eigenvalue weighted by atomic mass is 10.1. The number of thiazole rings is 1. The molecule has 0 spiro atoms. The fourth-order valence-corrected chi connectivity index (χ4v) is 3.30. The molecule has 0 aliphatic heterocycles. The molecule has 1 atom stereocenters. The summed E-state index contributed by atoms with van der Waals surface area (Å²) in [6, 6.07) is 4.40. The number of aryl methyl sites for hydroxylation is 2. The summed E-state index contributed by atoms with van der Waals surface area (Å²) in [6.45, 7) is 2.05. The molecule has 0 fully saturated rings. The van der Waals surface area contributed by atoms with Gasteiger partial charge in [-0.05, 0) is 42.5 Å². The molecular formula is C15H16FN3OS. The third-order valence-electron chi connectivity index (χ3n) is 3.61. The second kappa shape index (κ2) is 5.81. The summed E-state index contributed by atoms with van der Waals surface area (Å²) < 4.78 is 13.2. The van der Waals surface area contributed by atoms with Crippen LogP contribution in [0.4, 0.5) is 14.3 Å². The molecule has 0 saturated carbocycles. The molecule has 2 aromatic rings. The third kappa shape index (κ3) is 3.05. The van der Waals surface area contributed by atoms with Crippen molar-refractivity contribution in [2.24, 2.45) is 0 Å². The Morgan fingerprint density at radius 1 is 1.52 bits per heavy atom. The van der Waals surface area contributed by atoms with Gasteiger partial charge in [0.2, 0.25) is 0 Å². The second-order valence-electron chi connectivity index (χ2n) is 5.02. The molecule has 3 rings (SSSR count). The van der Waals surface area contributed by atoms with Crippen LogP contribution in [0.15, 0.2) is 24.4 Å². The van der Waals surface area contributed by atoms with E-state index >= 15 is 0 Å². The first-order valence-electron chi connectivity index (χ1n) is 6.96. The lowest BCUT2D eigenvalue weighted by Crippen LogP contribution is -2.31. The average molecular weight is 305 g/mol. The van der Waals surface area contributed by atoms with E-state index in [0.717, 1.165) is 35.3 Å². The van der Waals surface area contributed by atoms with Crippen molar-refractivity contribution in [2.75, 3.05) is 5.32 Å². The molecule has 0 unspecified atom stereocenters. The number of carbonyl (C=O) groups is 1. The number of benzene rings is 1. The minimum absolute atomic E-state index is 0.0637. The minimum Gasteiger partial charge on any atom is -0.331 e. The van der Waals surface area contributed by atoms with E-state index in [0.29, 0.717) is 5.13 Å². The number of hydrogen-bond donors (Lipinski definition) is 2. The monoisotopic (exact) mass is 305 g/mol. The van der Waals surface area contributed by atoms with Crippen molar-refractivity contribution >= 4 is 22.5 Å². The van der Waals surface area contributed by atoms with E-state index in [1.165, 1.54) is 17.4 Å². The van der Waals surface area contributed by atoms with Gasteiger partial charge in [0.25, 0.3) is 0 Å². The fraction of sp³-hybridized carbons (Fsp3) is 0.333. The molecule has 21 heavy (non-hydrogen) atoms. The van der Waals surface area contributed by atoms with Crippen molar-refractivity contribution in [3.8, 4) is 0 Å². The minimum atomic E-state index is -0.269. The van der Waals surface area contributed by atoms with Gasteiger partial charge in [-0.2, -0.15) is 0 Å². The maximum Gasteiger partial charge on any atom is 0.321 e. The highest BCUT2D eigenvalue weighted by Crippen LogP contribution is 2.31. The molecule has 1 aliphatic rings. The Labute approximate surface area is 126 Å². The normalized spacial score (nSPS) is 16.6. The van der Waals surface area contributed by atoms with E-state index in [1.54, 1.807) is 18.3 Å². The molecule has 2 amide bonds. The first-order chi connectivity index (χ1) is 10.2. The lowest BCUT2D eigenvalue weighted by molar-refractivity contribution is 0.248.